The predicted octanol–water partition coefficient (Wildman–Crippen LogP) is 0.468. The monoisotopic (exact) mass is 289 g/mol. The van der Waals surface area contributed by atoms with Gasteiger partial charge in [0.05, 0.1) is 0 Å². The van der Waals surface area contributed by atoms with E-state index in [-0.39, 0.29) is 6.85 Å². The Kier molecular flexibility index (Phi) is 2.86. The number of para-hydroxylation sites is 1. The molecule has 1 aliphatic heterocycles. The van der Waals surface area contributed by atoms with E-state index in [4.69, 9.17) is 4.42 Å². The Morgan fingerprint density at radius 2 is 1.95 bits per heavy atom. The molecule has 4 heteroatoms. The fraction of sp³-hybridized carbons (Fsp3) is 0.167. The molecule has 0 amide bonds. The average Bonchev–Trinajstić information content (AvgIpc) is 2.85. The lowest BCUT2D eigenvalue weighted by Crippen LogP contribution is -2.60. The van der Waals surface area contributed by atoms with Crippen molar-refractivity contribution in [3.63, 3.8) is 0 Å². The van der Waals surface area contributed by atoms with Gasteiger partial charge in [0.1, 0.15) is 18.0 Å². The van der Waals surface area contributed by atoms with Crippen LogP contribution in [0, 0.1) is 6.92 Å². The van der Waals surface area contributed by atoms with Crippen molar-refractivity contribution in [3.05, 3.63) is 58.8 Å². The highest BCUT2D eigenvalue weighted by molar-refractivity contribution is 6.82. The van der Waals surface area contributed by atoms with Crippen LogP contribution in [0.3, 0.4) is 0 Å². The molecule has 1 aromatic carbocycles. The molecule has 3 nitrogen and oxygen atoms in total. The number of rotatable bonds is 1. The zero-order valence-corrected chi connectivity index (χ0v) is 13.1. The fourth-order valence-corrected chi connectivity index (χ4v) is 3.24. The molecule has 4 rings (SSSR count). The zero-order chi connectivity index (χ0) is 15.3. The summed E-state index contributed by atoms with van der Waals surface area (Å²) in [6.07, 6.45) is 4.34. The molecule has 0 saturated carbocycles. The van der Waals surface area contributed by atoms with Gasteiger partial charge < -0.3 is 9.23 Å². The van der Waals surface area contributed by atoms with E-state index >= 15 is 0 Å². The van der Waals surface area contributed by atoms with E-state index < -0.39 is 0 Å². The Hall–Kier alpha value is -2.49. The van der Waals surface area contributed by atoms with E-state index in [1.165, 1.54) is 21.8 Å². The quantitative estimate of drug-likeness (QED) is 0.479. The standard InChI is InChI=1S/C18H18BN2O/c1-13-8-9-18(20(2)11-13)19-10-17-15(12-21(19)3)14-6-4-5-7-16(14)22-17/h4-12H,1-3H3/q+1. The summed E-state index contributed by atoms with van der Waals surface area (Å²) in [7, 11) is 4.21. The molecule has 0 aliphatic carbocycles. The molecule has 1 aliphatic rings. The van der Waals surface area contributed by atoms with Crippen molar-refractivity contribution in [1.29, 1.82) is 0 Å². The molecule has 0 unspecified atom stereocenters. The summed E-state index contributed by atoms with van der Waals surface area (Å²) in [5.41, 5.74) is 4.42. The van der Waals surface area contributed by atoms with Crippen LogP contribution in [0.25, 0.3) is 23.1 Å². The minimum absolute atomic E-state index is 0.179. The molecule has 0 N–H and O–H groups in total. The van der Waals surface area contributed by atoms with E-state index in [1.807, 2.05) is 12.1 Å². The Morgan fingerprint density at radius 1 is 1.14 bits per heavy atom. The van der Waals surface area contributed by atoms with Gasteiger partial charge in [0.15, 0.2) is 11.8 Å². The predicted molar refractivity (Wildman–Crippen MR) is 89.9 cm³/mol. The number of aromatic nitrogens is 1. The van der Waals surface area contributed by atoms with Crippen LogP contribution < -0.4 is 20.8 Å². The van der Waals surface area contributed by atoms with Crippen molar-refractivity contribution >= 4 is 35.6 Å². The third-order valence-electron chi connectivity index (χ3n) is 4.37. The zero-order valence-electron chi connectivity index (χ0n) is 13.1. The van der Waals surface area contributed by atoms with Crippen LogP contribution in [0.15, 0.2) is 47.0 Å². The summed E-state index contributed by atoms with van der Waals surface area (Å²) in [4.78, 5) is 2.24. The number of fused-ring (bicyclic) bond motifs is 3. The average molecular weight is 289 g/mol. The molecule has 0 saturated heterocycles. The summed E-state index contributed by atoms with van der Waals surface area (Å²) >= 11 is 0. The van der Waals surface area contributed by atoms with Crippen molar-refractivity contribution in [2.24, 2.45) is 7.05 Å². The first-order valence-electron chi connectivity index (χ1n) is 7.53. The van der Waals surface area contributed by atoms with Crippen molar-refractivity contribution in [3.8, 4) is 0 Å². The van der Waals surface area contributed by atoms with E-state index in [0.717, 1.165) is 11.0 Å². The number of benzene rings is 1. The molecule has 108 valence electrons. The molecule has 0 radical (unpaired) electrons. The van der Waals surface area contributed by atoms with Crippen LogP contribution in [0.5, 0.6) is 0 Å². The van der Waals surface area contributed by atoms with Gasteiger partial charge in [-0.25, -0.2) is 4.57 Å². The van der Waals surface area contributed by atoms with Crippen molar-refractivity contribution in [1.82, 2.24) is 4.81 Å². The number of hydrogen-bond acceptors (Lipinski definition) is 2. The number of hydrogen-bond donors (Lipinski definition) is 0. The summed E-state index contributed by atoms with van der Waals surface area (Å²) in [5, 5.41) is 2.34. The minimum atomic E-state index is 0.179. The minimum Gasteiger partial charge on any atom is -0.457 e. The van der Waals surface area contributed by atoms with E-state index in [9.17, 15) is 0 Å². The molecule has 22 heavy (non-hydrogen) atoms. The summed E-state index contributed by atoms with van der Waals surface area (Å²) < 4.78 is 8.22. The maximum Gasteiger partial charge on any atom is 0.399 e. The van der Waals surface area contributed by atoms with Crippen LogP contribution in [-0.4, -0.2) is 18.7 Å². The van der Waals surface area contributed by atoms with Gasteiger partial charge in [-0.2, -0.15) is 0 Å². The van der Waals surface area contributed by atoms with Crippen LogP contribution in [0.1, 0.15) is 5.56 Å². The highest BCUT2D eigenvalue weighted by atomic mass is 16.3. The third-order valence-corrected chi connectivity index (χ3v) is 4.37. The second-order valence-electron chi connectivity index (χ2n) is 6.02. The first-order valence-corrected chi connectivity index (χ1v) is 7.53. The van der Waals surface area contributed by atoms with E-state index in [1.54, 1.807) is 0 Å². The lowest BCUT2D eigenvalue weighted by Gasteiger charge is -2.20. The fourth-order valence-electron chi connectivity index (χ4n) is 3.24. The van der Waals surface area contributed by atoms with Gasteiger partial charge in [-0.05, 0) is 44.3 Å². The van der Waals surface area contributed by atoms with Gasteiger partial charge in [-0.15, -0.1) is 0 Å². The van der Waals surface area contributed by atoms with Crippen molar-refractivity contribution in [2.75, 3.05) is 7.05 Å². The van der Waals surface area contributed by atoms with E-state index in [0.29, 0.717) is 0 Å². The summed E-state index contributed by atoms with van der Waals surface area (Å²) in [6.45, 7) is 2.29. The number of pyridine rings is 1. The highest BCUT2D eigenvalue weighted by Gasteiger charge is 2.30. The molecular formula is C18H18BN2O+. The first kappa shape index (κ1) is 13.2. The number of aryl methyl sites for hydroxylation is 2. The maximum absolute atomic E-state index is 6.03. The first-order chi connectivity index (χ1) is 10.6. The number of nitrogens with zero attached hydrogens (tertiary/aromatic N) is 2. The van der Waals surface area contributed by atoms with Crippen LogP contribution in [0.4, 0.5) is 0 Å². The van der Waals surface area contributed by atoms with Crippen molar-refractivity contribution in [2.45, 2.75) is 6.92 Å². The van der Waals surface area contributed by atoms with Crippen LogP contribution in [-0.2, 0) is 7.05 Å². The van der Waals surface area contributed by atoms with Gasteiger partial charge in [-0.3, -0.25) is 0 Å². The van der Waals surface area contributed by atoms with Crippen molar-refractivity contribution < 1.29 is 8.98 Å². The van der Waals surface area contributed by atoms with Gasteiger partial charge in [0, 0.05) is 16.2 Å². The smallest absolute Gasteiger partial charge is 0.399 e. The van der Waals surface area contributed by atoms with Gasteiger partial charge >= 0.3 is 6.85 Å². The van der Waals surface area contributed by atoms with Gasteiger partial charge in [0.25, 0.3) is 0 Å². The lowest BCUT2D eigenvalue weighted by molar-refractivity contribution is -0.654. The van der Waals surface area contributed by atoms with Crippen LogP contribution >= 0.6 is 0 Å². The Balaban J connectivity index is 1.94. The molecule has 0 atom stereocenters. The molecule has 0 spiro atoms. The van der Waals surface area contributed by atoms with E-state index in [2.05, 4.69) is 73.0 Å². The summed E-state index contributed by atoms with van der Waals surface area (Å²) in [5.74, 6) is 2.21. The Labute approximate surface area is 129 Å². The van der Waals surface area contributed by atoms with Crippen LogP contribution in [0.2, 0.25) is 0 Å². The molecule has 3 aromatic rings. The molecule has 0 fully saturated rings. The largest absolute Gasteiger partial charge is 0.457 e. The molecular weight excluding hydrogens is 271 g/mol. The topological polar surface area (TPSA) is 20.3 Å². The second-order valence-corrected chi connectivity index (χ2v) is 6.02. The molecule has 2 aromatic heterocycles. The molecule has 3 heterocycles. The molecule has 0 bridgehead atoms. The SMILES string of the molecule is Cc1ccc(B2C=c3oc4ccccc4c3=CN2C)[n+](C)c1. The highest BCUT2D eigenvalue weighted by Crippen LogP contribution is 2.09. The van der Waals surface area contributed by atoms with Gasteiger partial charge in [0.2, 0.25) is 0 Å². The second kappa shape index (κ2) is 4.77. The lowest BCUT2D eigenvalue weighted by atomic mass is 9.56. The number of furan rings is 1. The maximum atomic E-state index is 6.03. The third kappa shape index (κ3) is 1.95. The summed E-state index contributed by atoms with van der Waals surface area (Å²) in [6, 6.07) is 12.6. The van der Waals surface area contributed by atoms with Gasteiger partial charge in [-0.1, -0.05) is 18.2 Å². The Bertz CT molecular complexity index is 990. The normalized spacial score (nSPS) is 13.8. The Morgan fingerprint density at radius 3 is 2.77 bits per heavy atom.